The highest BCUT2D eigenvalue weighted by Gasteiger charge is 2.52. The monoisotopic (exact) mass is 663 g/mol. The quantitative estimate of drug-likeness (QED) is 0.210. The van der Waals surface area contributed by atoms with Gasteiger partial charge in [0.05, 0.1) is 15.5 Å². The number of ether oxygens (including phenoxy) is 1. The fraction of sp³-hybridized carbons (Fsp3) is 0.303. The number of rotatable bonds is 9. The number of nitrogens with one attached hydrogen (secondary N) is 1. The van der Waals surface area contributed by atoms with Crippen molar-refractivity contribution in [2.45, 2.75) is 43.0 Å². The molecule has 1 aliphatic heterocycles. The van der Waals surface area contributed by atoms with Crippen LogP contribution in [0.15, 0.2) is 71.8 Å². The number of fused-ring (bicyclic) bond motifs is 1. The molecule has 13 heteroatoms. The molecule has 1 aromatic heterocycles. The summed E-state index contributed by atoms with van der Waals surface area (Å²) in [6.07, 6.45) is 5.12. The Bertz CT molecular complexity index is 1980. The minimum absolute atomic E-state index is 0.00308. The lowest BCUT2D eigenvalue weighted by Crippen LogP contribution is -2.42. The van der Waals surface area contributed by atoms with Gasteiger partial charge in [0, 0.05) is 36.1 Å². The van der Waals surface area contributed by atoms with Gasteiger partial charge >= 0.3 is 6.03 Å². The molecular weight excluding hydrogens is 633 g/mol. The molecule has 0 bridgehead atoms. The maximum absolute atomic E-state index is 14.2. The standard InChI is InChI=1S/C33H31ClFN5O5S/c34-27-15-24(8-10-28(27)35)45-31-11-9-25(13-22(31)17-37)46(43,44)40-30(14-23-18-38-29-7-2-1-6-26(23)29)32(41)39(33(40)42)19-21-5-3-4-20(12-21)16-36/h1-2,6-11,13,15,18,20-21,30,38H,3-5,12,14,16,19,36H2. The van der Waals surface area contributed by atoms with Gasteiger partial charge in [-0.05, 0) is 79.6 Å². The van der Waals surface area contributed by atoms with Crippen LogP contribution in [0.25, 0.3) is 10.9 Å². The van der Waals surface area contributed by atoms with Crippen LogP contribution in [-0.4, -0.2) is 53.7 Å². The molecule has 1 saturated heterocycles. The molecule has 46 heavy (non-hydrogen) atoms. The summed E-state index contributed by atoms with van der Waals surface area (Å²) < 4.78 is 48.4. The number of amides is 3. The molecule has 3 atom stereocenters. The number of nitrogens with two attached hydrogens (primary N) is 1. The molecule has 238 valence electrons. The minimum atomic E-state index is -4.64. The van der Waals surface area contributed by atoms with E-state index >= 15 is 0 Å². The Kier molecular flexibility index (Phi) is 8.74. The van der Waals surface area contributed by atoms with Crippen LogP contribution in [0.5, 0.6) is 11.5 Å². The molecule has 2 aliphatic rings. The number of para-hydroxylation sites is 1. The molecule has 4 aromatic rings. The zero-order chi connectivity index (χ0) is 32.6. The summed E-state index contributed by atoms with van der Waals surface area (Å²) in [5.41, 5.74) is 7.26. The zero-order valence-electron chi connectivity index (χ0n) is 24.7. The van der Waals surface area contributed by atoms with Gasteiger partial charge < -0.3 is 15.5 Å². The van der Waals surface area contributed by atoms with Crippen LogP contribution in [0.1, 0.15) is 36.8 Å². The molecule has 10 nitrogen and oxygen atoms in total. The van der Waals surface area contributed by atoms with E-state index in [1.54, 1.807) is 6.20 Å². The summed E-state index contributed by atoms with van der Waals surface area (Å²) in [5.74, 6) is -0.829. The van der Waals surface area contributed by atoms with E-state index in [1.165, 1.54) is 24.3 Å². The van der Waals surface area contributed by atoms with Gasteiger partial charge in [0.1, 0.15) is 29.4 Å². The van der Waals surface area contributed by atoms with Crippen LogP contribution >= 0.6 is 11.6 Å². The Morgan fingerprint density at radius 2 is 1.87 bits per heavy atom. The van der Waals surface area contributed by atoms with E-state index in [0.29, 0.717) is 16.4 Å². The molecule has 3 N–H and O–H groups in total. The second-order valence-corrected chi connectivity index (χ2v) is 13.9. The summed E-state index contributed by atoms with van der Waals surface area (Å²) in [4.78, 5) is 31.8. The number of H-pyrrole nitrogens is 1. The first-order valence-corrected chi connectivity index (χ1v) is 16.7. The summed E-state index contributed by atoms with van der Waals surface area (Å²) in [7, 11) is -4.64. The lowest BCUT2D eigenvalue weighted by molar-refractivity contribution is -0.128. The van der Waals surface area contributed by atoms with Crippen molar-refractivity contribution in [2.24, 2.45) is 17.6 Å². The normalized spacial score (nSPS) is 20.3. The van der Waals surface area contributed by atoms with Gasteiger partial charge in [-0.1, -0.05) is 36.2 Å². The van der Waals surface area contributed by atoms with Crippen LogP contribution in [0, 0.1) is 29.0 Å². The van der Waals surface area contributed by atoms with E-state index in [2.05, 4.69) is 4.98 Å². The topological polar surface area (TPSA) is 150 Å². The number of urea groups is 1. The molecule has 1 aliphatic carbocycles. The Morgan fingerprint density at radius 3 is 2.63 bits per heavy atom. The summed E-state index contributed by atoms with van der Waals surface area (Å²) in [6, 6.07) is 14.3. The summed E-state index contributed by atoms with van der Waals surface area (Å²) >= 11 is 5.85. The van der Waals surface area contributed by atoms with E-state index in [9.17, 15) is 27.7 Å². The number of hydrogen-bond donors (Lipinski definition) is 2. The van der Waals surface area contributed by atoms with Gasteiger partial charge in [-0.25, -0.2) is 21.9 Å². The number of hydrogen-bond acceptors (Lipinski definition) is 7. The van der Waals surface area contributed by atoms with E-state index < -0.39 is 33.8 Å². The van der Waals surface area contributed by atoms with Crippen molar-refractivity contribution in [1.82, 2.24) is 14.2 Å². The van der Waals surface area contributed by atoms with Crippen molar-refractivity contribution in [3.8, 4) is 17.6 Å². The Morgan fingerprint density at radius 1 is 1.09 bits per heavy atom. The van der Waals surface area contributed by atoms with Crippen molar-refractivity contribution in [2.75, 3.05) is 13.1 Å². The third kappa shape index (κ3) is 5.93. The van der Waals surface area contributed by atoms with E-state index in [0.717, 1.165) is 53.6 Å². The second-order valence-electron chi connectivity index (χ2n) is 11.7. The first-order chi connectivity index (χ1) is 22.1. The maximum atomic E-state index is 14.2. The first kappa shape index (κ1) is 31.5. The molecule has 3 aromatic carbocycles. The lowest BCUT2D eigenvalue weighted by atomic mass is 9.81. The van der Waals surface area contributed by atoms with E-state index in [1.807, 2.05) is 30.3 Å². The van der Waals surface area contributed by atoms with Crippen molar-refractivity contribution >= 4 is 44.5 Å². The molecule has 2 fully saturated rings. The molecule has 0 spiro atoms. The van der Waals surface area contributed by atoms with Crippen LogP contribution in [-0.2, 0) is 21.2 Å². The predicted molar refractivity (Wildman–Crippen MR) is 169 cm³/mol. The predicted octanol–water partition coefficient (Wildman–Crippen LogP) is 5.95. The van der Waals surface area contributed by atoms with Gasteiger partial charge in [-0.2, -0.15) is 5.26 Å². The highest BCUT2D eigenvalue weighted by molar-refractivity contribution is 7.89. The number of aromatic amines is 1. The number of carbonyl (C=O) groups is 2. The Labute approximate surface area is 270 Å². The minimum Gasteiger partial charge on any atom is -0.456 e. The third-order valence-electron chi connectivity index (χ3n) is 8.75. The van der Waals surface area contributed by atoms with Gasteiger partial charge in [0.15, 0.2) is 0 Å². The van der Waals surface area contributed by atoms with Gasteiger partial charge in [0.25, 0.3) is 15.9 Å². The van der Waals surface area contributed by atoms with Gasteiger partial charge in [-0.3, -0.25) is 9.69 Å². The van der Waals surface area contributed by atoms with Gasteiger partial charge in [-0.15, -0.1) is 0 Å². The van der Waals surface area contributed by atoms with Crippen molar-refractivity contribution in [1.29, 1.82) is 5.26 Å². The number of aromatic nitrogens is 1. The van der Waals surface area contributed by atoms with E-state index in [4.69, 9.17) is 22.1 Å². The first-order valence-electron chi connectivity index (χ1n) is 14.9. The summed E-state index contributed by atoms with van der Waals surface area (Å²) in [5, 5.41) is 10.5. The number of carbonyl (C=O) groups excluding carboxylic acids is 2. The SMILES string of the molecule is N#Cc1cc(S(=O)(=O)N2C(=O)N(CC3CCCC(CN)C3)C(=O)C2Cc2c[nH]c3ccccc23)ccc1Oc1ccc(F)c(Cl)c1. The fourth-order valence-electron chi connectivity index (χ4n) is 6.41. The number of nitrogens with zero attached hydrogens (tertiary/aromatic N) is 3. The molecule has 1 saturated carbocycles. The van der Waals surface area contributed by atoms with Crippen LogP contribution in [0.2, 0.25) is 5.02 Å². The van der Waals surface area contributed by atoms with E-state index in [-0.39, 0.29) is 51.8 Å². The molecular formula is C33H31ClFN5O5S. The Balaban J connectivity index is 1.35. The van der Waals surface area contributed by atoms with Crippen molar-refractivity contribution in [3.05, 3.63) is 88.8 Å². The van der Waals surface area contributed by atoms with Crippen LogP contribution in [0.3, 0.4) is 0 Å². The fourth-order valence-corrected chi connectivity index (χ4v) is 8.12. The highest BCUT2D eigenvalue weighted by atomic mass is 35.5. The average Bonchev–Trinajstić information content (AvgIpc) is 3.57. The van der Waals surface area contributed by atoms with Crippen molar-refractivity contribution in [3.63, 3.8) is 0 Å². The number of halogens is 2. The van der Waals surface area contributed by atoms with Gasteiger partial charge in [0.2, 0.25) is 0 Å². The van der Waals surface area contributed by atoms with Crippen LogP contribution in [0.4, 0.5) is 9.18 Å². The number of benzene rings is 3. The maximum Gasteiger partial charge on any atom is 0.341 e. The second kappa shape index (κ2) is 12.7. The zero-order valence-corrected chi connectivity index (χ0v) is 26.2. The molecule has 3 unspecified atom stereocenters. The molecule has 6 rings (SSSR count). The Hall–Kier alpha value is -4.44. The largest absolute Gasteiger partial charge is 0.456 e. The highest BCUT2D eigenvalue weighted by Crippen LogP contribution is 2.36. The number of imide groups is 1. The molecule has 0 radical (unpaired) electrons. The average molecular weight is 664 g/mol. The van der Waals surface area contributed by atoms with Crippen LogP contribution < -0.4 is 10.5 Å². The number of nitriles is 1. The molecule has 3 amide bonds. The molecule has 2 heterocycles. The lowest BCUT2D eigenvalue weighted by Gasteiger charge is -2.30. The smallest absolute Gasteiger partial charge is 0.341 e. The number of sulfonamides is 1. The summed E-state index contributed by atoms with van der Waals surface area (Å²) in [6.45, 7) is 0.609. The third-order valence-corrected chi connectivity index (χ3v) is 10.8. The van der Waals surface area contributed by atoms with Crippen molar-refractivity contribution < 1.29 is 27.1 Å².